The molecule has 0 radical (unpaired) electrons. The summed E-state index contributed by atoms with van der Waals surface area (Å²) in [7, 11) is -1.50. The van der Waals surface area contributed by atoms with Crippen LogP contribution in [0.5, 0.6) is 5.75 Å². The number of rotatable bonds is 5. The van der Waals surface area contributed by atoms with Gasteiger partial charge in [-0.05, 0) is 39.8 Å². The molecule has 0 fully saturated rings. The number of ether oxygens (including phenoxy) is 1. The highest BCUT2D eigenvalue weighted by Gasteiger charge is 2.20. The van der Waals surface area contributed by atoms with Crippen LogP contribution in [-0.2, 0) is 11.0 Å². The number of nitro benzene ring substituents is 1. The molecule has 0 aliphatic carbocycles. The summed E-state index contributed by atoms with van der Waals surface area (Å²) in [6, 6.07) is 4.31. The van der Waals surface area contributed by atoms with Crippen molar-refractivity contribution in [2.45, 2.75) is 38.1 Å². The van der Waals surface area contributed by atoms with E-state index in [9.17, 15) is 14.3 Å². The van der Waals surface area contributed by atoms with Crippen LogP contribution in [0.3, 0.4) is 0 Å². The highest BCUT2D eigenvalue weighted by atomic mass is 32.2. The Morgan fingerprint density at radius 3 is 2.53 bits per heavy atom. The Morgan fingerprint density at radius 2 is 2.05 bits per heavy atom. The molecule has 7 heteroatoms. The molecule has 0 bridgehead atoms. The first-order valence-corrected chi connectivity index (χ1v) is 7.00. The molecule has 1 rings (SSSR count). The van der Waals surface area contributed by atoms with Crippen molar-refractivity contribution >= 4 is 16.7 Å². The van der Waals surface area contributed by atoms with Crippen LogP contribution in [0, 0.1) is 10.1 Å². The van der Waals surface area contributed by atoms with Gasteiger partial charge in [0, 0.05) is 11.6 Å². The monoisotopic (exact) mass is 286 g/mol. The van der Waals surface area contributed by atoms with Crippen molar-refractivity contribution < 1.29 is 13.9 Å². The fourth-order valence-corrected chi connectivity index (χ4v) is 2.45. The van der Waals surface area contributed by atoms with Gasteiger partial charge in [0.05, 0.1) is 16.4 Å². The molecule has 1 aromatic carbocycles. The predicted molar refractivity (Wildman–Crippen MR) is 73.6 cm³/mol. The minimum Gasteiger partial charge on any atom is -0.487 e. The number of hydrogen-bond acceptors (Lipinski definition) is 4. The smallest absolute Gasteiger partial charge is 0.312 e. The first-order valence-electron chi connectivity index (χ1n) is 5.85. The van der Waals surface area contributed by atoms with Crippen LogP contribution in [0.1, 0.15) is 27.7 Å². The first-order chi connectivity index (χ1) is 8.74. The summed E-state index contributed by atoms with van der Waals surface area (Å²) in [5.74, 6) is 0.184. The average Bonchev–Trinajstić information content (AvgIpc) is 2.27. The summed E-state index contributed by atoms with van der Waals surface area (Å²) in [5, 5.41) is 11.0. The van der Waals surface area contributed by atoms with Gasteiger partial charge in [-0.25, -0.2) is 8.93 Å². The predicted octanol–water partition coefficient (Wildman–Crippen LogP) is 2.40. The topological polar surface area (TPSA) is 81.5 Å². The zero-order chi connectivity index (χ0) is 14.6. The van der Waals surface area contributed by atoms with Crippen molar-refractivity contribution in [3.63, 3.8) is 0 Å². The van der Waals surface area contributed by atoms with Crippen LogP contribution in [0.25, 0.3) is 0 Å². The number of nitrogens with zero attached hydrogens (tertiary/aromatic N) is 1. The molecule has 1 atom stereocenters. The van der Waals surface area contributed by atoms with Gasteiger partial charge in [0.15, 0.2) is 5.75 Å². The second-order valence-corrected chi connectivity index (χ2v) is 6.15. The van der Waals surface area contributed by atoms with E-state index in [1.807, 2.05) is 20.8 Å². The third-order valence-corrected chi connectivity index (χ3v) is 3.52. The van der Waals surface area contributed by atoms with E-state index in [0.717, 1.165) is 0 Å². The van der Waals surface area contributed by atoms with Crippen molar-refractivity contribution in [2.75, 3.05) is 6.61 Å². The van der Waals surface area contributed by atoms with E-state index < -0.39 is 15.9 Å². The van der Waals surface area contributed by atoms with E-state index in [2.05, 4.69) is 4.72 Å². The maximum atomic E-state index is 12.0. The summed E-state index contributed by atoms with van der Waals surface area (Å²) in [6.07, 6.45) is 0. The lowest BCUT2D eigenvalue weighted by atomic mass is 10.1. The van der Waals surface area contributed by atoms with Gasteiger partial charge in [0.1, 0.15) is 11.0 Å². The van der Waals surface area contributed by atoms with Crippen LogP contribution in [0.2, 0.25) is 0 Å². The van der Waals surface area contributed by atoms with Crippen LogP contribution in [0.15, 0.2) is 23.1 Å². The number of benzene rings is 1. The highest BCUT2D eigenvalue weighted by Crippen LogP contribution is 2.29. The number of nitro groups is 1. The van der Waals surface area contributed by atoms with Gasteiger partial charge >= 0.3 is 5.69 Å². The van der Waals surface area contributed by atoms with Crippen molar-refractivity contribution in [1.29, 1.82) is 0 Å². The zero-order valence-electron chi connectivity index (χ0n) is 11.4. The Kier molecular flexibility index (Phi) is 5.02. The number of nitrogens with one attached hydrogen (secondary N) is 1. The molecule has 0 amide bonds. The summed E-state index contributed by atoms with van der Waals surface area (Å²) < 4.78 is 20.1. The average molecular weight is 286 g/mol. The summed E-state index contributed by atoms with van der Waals surface area (Å²) in [4.78, 5) is 10.8. The summed E-state index contributed by atoms with van der Waals surface area (Å²) >= 11 is 0. The van der Waals surface area contributed by atoms with Crippen molar-refractivity contribution in [1.82, 2.24) is 4.72 Å². The molecule has 6 nitrogen and oxygen atoms in total. The van der Waals surface area contributed by atoms with Crippen LogP contribution >= 0.6 is 0 Å². The van der Waals surface area contributed by atoms with Crippen LogP contribution in [-0.4, -0.2) is 21.3 Å². The molecule has 0 aromatic heterocycles. The fourth-order valence-electron chi connectivity index (χ4n) is 1.37. The van der Waals surface area contributed by atoms with Crippen molar-refractivity contribution in [3.8, 4) is 5.75 Å². The van der Waals surface area contributed by atoms with E-state index in [1.54, 1.807) is 13.0 Å². The maximum Gasteiger partial charge on any atom is 0.312 e. The lowest BCUT2D eigenvalue weighted by Crippen LogP contribution is -2.37. The van der Waals surface area contributed by atoms with Gasteiger partial charge in [-0.2, -0.15) is 0 Å². The lowest BCUT2D eigenvalue weighted by molar-refractivity contribution is -0.386. The molecular formula is C12H18N2O4S. The Bertz CT molecular complexity index is 497. The molecule has 106 valence electrons. The Hall–Kier alpha value is -1.47. The molecule has 0 aliphatic rings. The second kappa shape index (κ2) is 6.12. The standard InChI is InChI=1S/C12H18N2O4S/c1-5-18-11-7-6-9(8-10(11)14(15)16)19(17)13-12(2,3)4/h6-8,13H,5H2,1-4H3. The van der Waals surface area contributed by atoms with E-state index >= 15 is 0 Å². The van der Waals surface area contributed by atoms with Gasteiger partial charge < -0.3 is 4.74 Å². The quantitative estimate of drug-likeness (QED) is 0.665. The molecule has 19 heavy (non-hydrogen) atoms. The highest BCUT2D eigenvalue weighted by molar-refractivity contribution is 7.83. The Labute approximate surface area is 114 Å². The third kappa shape index (κ3) is 4.60. The summed E-state index contributed by atoms with van der Waals surface area (Å²) in [5.41, 5.74) is -0.526. The molecule has 0 saturated carbocycles. The SMILES string of the molecule is CCOc1ccc(S(=O)NC(C)(C)C)cc1[N+](=O)[O-]. The van der Waals surface area contributed by atoms with Gasteiger partial charge in [0.2, 0.25) is 0 Å². The van der Waals surface area contributed by atoms with Crippen molar-refractivity contribution in [3.05, 3.63) is 28.3 Å². The first kappa shape index (κ1) is 15.6. The van der Waals surface area contributed by atoms with E-state index in [0.29, 0.717) is 11.5 Å². The molecular weight excluding hydrogens is 268 g/mol. The van der Waals surface area contributed by atoms with E-state index in [4.69, 9.17) is 4.74 Å². The van der Waals surface area contributed by atoms with E-state index in [-0.39, 0.29) is 17.0 Å². The molecule has 1 aromatic rings. The minimum absolute atomic E-state index is 0.177. The molecule has 0 heterocycles. The normalized spacial score (nSPS) is 13.1. The fraction of sp³-hybridized carbons (Fsp3) is 0.500. The second-order valence-electron chi connectivity index (χ2n) is 4.94. The van der Waals surface area contributed by atoms with Gasteiger partial charge in [-0.1, -0.05) is 0 Å². The zero-order valence-corrected chi connectivity index (χ0v) is 12.2. The molecule has 1 N–H and O–H groups in total. The Balaban J connectivity index is 3.08. The third-order valence-electron chi connectivity index (χ3n) is 2.04. The van der Waals surface area contributed by atoms with Gasteiger partial charge in [-0.15, -0.1) is 0 Å². The maximum absolute atomic E-state index is 12.0. The summed E-state index contributed by atoms with van der Waals surface area (Å²) in [6.45, 7) is 7.69. The molecule has 1 unspecified atom stereocenters. The molecule has 0 spiro atoms. The number of hydrogen-bond donors (Lipinski definition) is 1. The van der Waals surface area contributed by atoms with Crippen LogP contribution < -0.4 is 9.46 Å². The van der Waals surface area contributed by atoms with Gasteiger partial charge in [-0.3, -0.25) is 10.1 Å². The van der Waals surface area contributed by atoms with Crippen LogP contribution in [0.4, 0.5) is 5.69 Å². The molecule has 0 saturated heterocycles. The molecule has 0 aliphatic heterocycles. The lowest BCUT2D eigenvalue weighted by Gasteiger charge is -2.19. The Morgan fingerprint density at radius 1 is 1.42 bits per heavy atom. The largest absolute Gasteiger partial charge is 0.487 e. The van der Waals surface area contributed by atoms with Crippen molar-refractivity contribution in [2.24, 2.45) is 0 Å². The van der Waals surface area contributed by atoms with E-state index in [1.165, 1.54) is 12.1 Å². The van der Waals surface area contributed by atoms with Gasteiger partial charge in [0.25, 0.3) is 0 Å². The minimum atomic E-state index is -1.50.